The Hall–Kier alpha value is -1.19. The number of hydrogen-bond donors (Lipinski definition) is 1. The number of likely N-dealkylation sites (N-methyl/N-ethyl adjacent to an activating group) is 2. The summed E-state index contributed by atoms with van der Waals surface area (Å²) >= 11 is 0. The van der Waals surface area contributed by atoms with Crippen LogP contribution >= 0.6 is 0 Å². The molecule has 9 heteroatoms. The van der Waals surface area contributed by atoms with Crippen molar-refractivity contribution in [3.63, 3.8) is 0 Å². The quantitative estimate of drug-likeness (QED) is 0.879. The number of rotatable bonds is 4. The van der Waals surface area contributed by atoms with Crippen molar-refractivity contribution < 1.29 is 17.7 Å². The van der Waals surface area contributed by atoms with Gasteiger partial charge in [0.15, 0.2) is 5.82 Å². The number of nitrogens with zero attached hydrogens (tertiary/aromatic N) is 4. The van der Waals surface area contributed by atoms with Gasteiger partial charge >= 0.3 is 6.18 Å². The summed E-state index contributed by atoms with van der Waals surface area (Å²) in [6.07, 6.45) is -4.24. The first-order chi connectivity index (χ1) is 9.35. The molecule has 0 aliphatic carbocycles. The largest absolute Gasteiger partial charge is 0.401 e. The zero-order valence-electron chi connectivity index (χ0n) is 11.4. The monoisotopic (exact) mass is 293 g/mol. The molecule has 1 unspecified atom stereocenters. The number of alkyl halides is 3. The average molecular weight is 293 g/mol. The Kier molecular flexibility index (Phi) is 4.61. The Morgan fingerprint density at radius 2 is 2.10 bits per heavy atom. The van der Waals surface area contributed by atoms with E-state index in [2.05, 4.69) is 25.3 Å². The SMILES string of the molecule is CN1CCN(C)C(c2noc(CNCC(F)(F)F)n2)C1. The molecule has 1 saturated heterocycles. The lowest BCUT2D eigenvalue weighted by Gasteiger charge is -2.35. The van der Waals surface area contributed by atoms with Crippen molar-refractivity contribution in [1.29, 1.82) is 0 Å². The fourth-order valence-corrected chi connectivity index (χ4v) is 2.08. The van der Waals surface area contributed by atoms with Gasteiger partial charge in [0.1, 0.15) is 0 Å². The van der Waals surface area contributed by atoms with Gasteiger partial charge in [-0.3, -0.25) is 4.90 Å². The van der Waals surface area contributed by atoms with Gasteiger partial charge in [0.05, 0.1) is 19.1 Å². The number of nitrogens with one attached hydrogen (secondary N) is 1. The molecular formula is C11H18F3N5O. The van der Waals surface area contributed by atoms with Crippen molar-refractivity contribution in [1.82, 2.24) is 25.3 Å². The fraction of sp³-hybridized carbons (Fsp3) is 0.818. The summed E-state index contributed by atoms with van der Waals surface area (Å²) in [5, 5.41) is 6.10. The fourth-order valence-electron chi connectivity index (χ4n) is 2.08. The highest BCUT2D eigenvalue weighted by Crippen LogP contribution is 2.20. The van der Waals surface area contributed by atoms with Gasteiger partial charge in [-0.1, -0.05) is 5.16 Å². The Labute approximate surface area is 114 Å². The number of hydrogen-bond acceptors (Lipinski definition) is 6. The third kappa shape index (κ3) is 4.15. The van der Waals surface area contributed by atoms with Gasteiger partial charge in [-0.25, -0.2) is 0 Å². The third-order valence-electron chi connectivity index (χ3n) is 3.23. The summed E-state index contributed by atoms with van der Waals surface area (Å²) in [4.78, 5) is 8.43. The van der Waals surface area contributed by atoms with Crippen LogP contribution in [0.3, 0.4) is 0 Å². The zero-order valence-corrected chi connectivity index (χ0v) is 11.4. The molecule has 0 amide bonds. The van der Waals surface area contributed by atoms with E-state index in [-0.39, 0.29) is 18.5 Å². The van der Waals surface area contributed by atoms with Gasteiger partial charge in [0.2, 0.25) is 5.89 Å². The Bertz CT molecular complexity index is 436. The van der Waals surface area contributed by atoms with Crippen LogP contribution < -0.4 is 5.32 Å². The van der Waals surface area contributed by atoms with E-state index in [1.54, 1.807) is 0 Å². The lowest BCUT2D eigenvalue weighted by molar-refractivity contribution is -0.125. The minimum Gasteiger partial charge on any atom is -0.338 e. The van der Waals surface area contributed by atoms with Gasteiger partial charge < -0.3 is 14.7 Å². The molecule has 0 spiro atoms. The summed E-state index contributed by atoms with van der Waals surface area (Å²) in [6.45, 7) is 1.46. The lowest BCUT2D eigenvalue weighted by Crippen LogP contribution is -2.45. The molecule has 0 saturated carbocycles. The van der Waals surface area contributed by atoms with Crippen LogP contribution in [-0.4, -0.2) is 66.4 Å². The molecule has 2 rings (SSSR count). The van der Waals surface area contributed by atoms with E-state index in [0.29, 0.717) is 5.82 Å². The van der Waals surface area contributed by atoms with Crippen LogP contribution in [0.15, 0.2) is 4.52 Å². The number of piperazine rings is 1. The topological polar surface area (TPSA) is 57.4 Å². The third-order valence-corrected chi connectivity index (χ3v) is 3.23. The van der Waals surface area contributed by atoms with Crippen molar-refractivity contribution >= 4 is 0 Å². The second-order valence-electron chi connectivity index (χ2n) is 5.02. The zero-order chi connectivity index (χ0) is 14.8. The first-order valence-electron chi connectivity index (χ1n) is 6.34. The van der Waals surface area contributed by atoms with Crippen LogP contribution in [0.1, 0.15) is 17.8 Å². The number of aromatic nitrogens is 2. The van der Waals surface area contributed by atoms with Crippen LogP contribution in [0.25, 0.3) is 0 Å². The van der Waals surface area contributed by atoms with Crippen molar-refractivity contribution in [2.24, 2.45) is 0 Å². The first kappa shape index (κ1) is 15.2. The summed E-state index contributed by atoms with van der Waals surface area (Å²) < 4.78 is 41.0. The predicted molar refractivity (Wildman–Crippen MR) is 64.9 cm³/mol. The van der Waals surface area contributed by atoms with Gasteiger partial charge in [-0.05, 0) is 14.1 Å². The molecule has 1 aliphatic rings. The minimum absolute atomic E-state index is 0.00821. The van der Waals surface area contributed by atoms with Crippen LogP contribution in [0.2, 0.25) is 0 Å². The van der Waals surface area contributed by atoms with Gasteiger partial charge in [-0.2, -0.15) is 18.2 Å². The smallest absolute Gasteiger partial charge is 0.338 e. The molecule has 0 bridgehead atoms. The normalized spacial score (nSPS) is 22.4. The maximum Gasteiger partial charge on any atom is 0.401 e. The minimum atomic E-state index is -4.24. The lowest BCUT2D eigenvalue weighted by atomic mass is 10.2. The van der Waals surface area contributed by atoms with E-state index in [1.165, 1.54) is 0 Å². The van der Waals surface area contributed by atoms with Gasteiger partial charge in [0, 0.05) is 19.6 Å². The second kappa shape index (κ2) is 6.06. The molecule has 2 heterocycles. The van der Waals surface area contributed by atoms with E-state index in [9.17, 15) is 13.2 Å². The molecule has 0 aromatic carbocycles. The van der Waals surface area contributed by atoms with Crippen LogP contribution in [0.4, 0.5) is 13.2 Å². The van der Waals surface area contributed by atoms with Gasteiger partial charge in [-0.15, -0.1) is 0 Å². The first-order valence-corrected chi connectivity index (χ1v) is 6.34. The predicted octanol–water partition coefficient (Wildman–Crippen LogP) is 0.640. The highest BCUT2D eigenvalue weighted by molar-refractivity contribution is 4.97. The molecule has 6 nitrogen and oxygen atoms in total. The summed E-state index contributed by atoms with van der Waals surface area (Å²) in [7, 11) is 3.97. The van der Waals surface area contributed by atoms with Crippen molar-refractivity contribution in [3.8, 4) is 0 Å². The maximum atomic E-state index is 12.0. The average Bonchev–Trinajstić information content (AvgIpc) is 2.79. The van der Waals surface area contributed by atoms with E-state index in [4.69, 9.17) is 4.52 Å². The van der Waals surface area contributed by atoms with Crippen molar-refractivity contribution in [3.05, 3.63) is 11.7 Å². The summed E-state index contributed by atoms with van der Waals surface area (Å²) in [5.41, 5.74) is 0. The summed E-state index contributed by atoms with van der Waals surface area (Å²) in [5.74, 6) is 0.689. The molecular weight excluding hydrogens is 275 g/mol. The summed E-state index contributed by atoms with van der Waals surface area (Å²) in [6, 6.07) is 0.00821. The highest BCUT2D eigenvalue weighted by Gasteiger charge is 2.29. The van der Waals surface area contributed by atoms with Crippen LogP contribution in [-0.2, 0) is 6.54 Å². The van der Waals surface area contributed by atoms with E-state index in [0.717, 1.165) is 19.6 Å². The molecule has 20 heavy (non-hydrogen) atoms. The standard InChI is InChI=1S/C11H18F3N5O/c1-18-3-4-19(2)8(6-18)10-16-9(20-17-10)5-15-7-11(12,13)14/h8,15H,3-7H2,1-2H3. The molecule has 0 radical (unpaired) electrons. The molecule has 1 fully saturated rings. The van der Waals surface area contributed by atoms with E-state index >= 15 is 0 Å². The van der Waals surface area contributed by atoms with E-state index in [1.807, 2.05) is 14.1 Å². The van der Waals surface area contributed by atoms with Crippen molar-refractivity contribution in [2.45, 2.75) is 18.8 Å². The highest BCUT2D eigenvalue weighted by atomic mass is 19.4. The van der Waals surface area contributed by atoms with E-state index < -0.39 is 12.7 Å². The Morgan fingerprint density at radius 1 is 1.35 bits per heavy atom. The Morgan fingerprint density at radius 3 is 2.80 bits per heavy atom. The second-order valence-corrected chi connectivity index (χ2v) is 5.02. The molecule has 1 aromatic rings. The van der Waals surface area contributed by atoms with Gasteiger partial charge in [0.25, 0.3) is 0 Å². The maximum absolute atomic E-state index is 12.0. The molecule has 1 N–H and O–H groups in total. The molecule has 1 aromatic heterocycles. The molecule has 1 aliphatic heterocycles. The van der Waals surface area contributed by atoms with Crippen LogP contribution in [0.5, 0.6) is 0 Å². The Balaban J connectivity index is 1.91. The number of halogens is 3. The molecule has 114 valence electrons. The van der Waals surface area contributed by atoms with Crippen LogP contribution in [0, 0.1) is 0 Å². The molecule has 1 atom stereocenters. The van der Waals surface area contributed by atoms with Crippen molar-refractivity contribution in [2.75, 3.05) is 40.3 Å².